The molecule has 1 amide bonds. The average Bonchev–Trinajstić information content (AvgIpc) is 2.27. The molecule has 0 aliphatic carbocycles. The fourth-order valence-electron chi connectivity index (χ4n) is 1.50. The van der Waals surface area contributed by atoms with Crippen molar-refractivity contribution in [2.75, 3.05) is 24.8 Å². The van der Waals surface area contributed by atoms with E-state index in [-0.39, 0.29) is 11.9 Å². The van der Waals surface area contributed by atoms with Gasteiger partial charge in [0, 0.05) is 36.4 Å². The molecule has 1 heterocycles. The fourth-order valence-corrected chi connectivity index (χ4v) is 2.21. The summed E-state index contributed by atoms with van der Waals surface area (Å²) in [6.45, 7) is 3.87. The van der Waals surface area contributed by atoms with Crippen LogP contribution >= 0.6 is 11.8 Å². The number of aromatic nitrogens is 1. The Bertz CT molecular complexity index is 409. The van der Waals surface area contributed by atoms with E-state index in [1.165, 1.54) is 0 Å². The van der Waals surface area contributed by atoms with E-state index in [1.807, 2.05) is 20.1 Å². The molecule has 5 heteroatoms. The van der Waals surface area contributed by atoms with Gasteiger partial charge in [-0.25, -0.2) is 0 Å². The van der Waals surface area contributed by atoms with Crippen LogP contribution < -0.4 is 5.73 Å². The van der Waals surface area contributed by atoms with Gasteiger partial charge in [0.2, 0.25) is 0 Å². The van der Waals surface area contributed by atoms with E-state index < -0.39 is 0 Å². The van der Waals surface area contributed by atoms with Gasteiger partial charge in [-0.2, -0.15) is 11.8 Å². The van der Waals surface area contributed by atoms with Gasteiger partial charge < -0.3 is 10.6 Å². The molecule has 1 unspecified atom stereocenters. The number of aryl methyl sites for hydroxylation is 1. The molecule has 1 aromatic rings. The van der Waals surface area contributed by atoms with E-state index in [0.717, 1.165) is 11.4 Å². The molecule has 0 saturated carbocycles. The minimum absolute atomic E-state index is 0.0726. The highest BCUT2D eigenvalue weighted by atomic mass is 32.2. The van der Waals surface area contributed by atoms with E-state index in [0.29, 0.717) is 11.3 Å². The summed E-state index contributed by atoms with van der Waals surface area (Å²) in [5.41, 5.74) is 7.63. The Morgan fingerprint density at radius 2 is 2.29 bits per heavy atom. The van der Waals surface area contributed by atoms with E-state index in [1.54, 1.807) is 36.0 Å². The number of nitrogen functional groups attached to an aromatic ring is 1. The Hall–Kier alpha value is -1.23. The SMILES string of the molecule is CSCC(C)N(C)C(=O)c1cnc(C)cc1N. The molecule has 0 radical (unpaired) electrons. The molecule has 1 rings (SSSR count). The molecular weight excluding hydrogens is 234 g/mol. The molecule has 0 aliphatic rings. The number of rotatable bonds is 4. The van der Waals surface area contributed by atoms with Crippen molar-refractivity contribution in [3.63, 3.8) is 0 Å². The Kier molecular flexibility index (Phi) is 4.81. The van der Waals surface area contributed by atoms with Gasteiger partial charge in [-0.3, -0.25) is 9.78 Å². The maximum Gasteiger partial charge on any atom is 0.257 e. The highest BCUT2D eigenvalue weighted by Gasteiger charge is 2.19. The molecule has 0 saturated heterocycles. The molecule has 0 spiro atoms. The Labute approximate surface area is 107 Å². The minimum Gasteiger partial charge on any atom is -0.398 e. The maximum atomic E-state index is 12.2. The first kappa shape index (κ1) is 13.8. The molecule has 1 aromatic heterocycles. The highest BCUT2D eigenvalue weighted by molar-refractivity contribution is 7.98. The van der Waals surface area contributed by atoms with E-state index in [2.05, 4.69) is 4.98 Å². The largest absolute Gasteiger partial charge is 0.398 e. The van der Waals surface area contributed by atoms with Crippen molar-refractivity contribution in [2.45, 2.75) is 19.9 Å². The number of amides is 1. The zero-order valence-electron chi connectivity index (χ0n) is 10.7. The summed E-state index contributed by atoms with van der Waals surface area (Å²) < 4.78 is 0. The van der Waals surface area contributed by atoms with Gasteiger partial charge in [0.15, 0.2) is 0 Å². The van der Waals surface area contributed by atoms with Crippen LogP contribution in [0.5, 0.6) is 0 Å². The lowest BCUT2D eigenvalue weighted by Gasteiger charge is -2.24. The van der Waals surface area contributed by atoms with Crippen molar-refractivity contribution in [3.8, 4) is 0 Å². The zero-order chi connectivity index (χ0) is 13.0. The van der Waals surface area contributed by atoms with E-state index in [4.69, 9.17) is 5.73 Å². The van der Waals surface area contributed by atoms with Crippen molar-refractivity contribution in [3.05, 3.63) is 23.5 Å². The van der Waals surface area contributed by atoms with Gasteiger partial charge >= 0.3 is 0 Å². The second-order valence-corrected chi connectivity index (χ2v) is 5.04. The molecular formula is C12H19N3OS. The van der Waals surface area contributed by atoms with E-state index in [9.17, 15) is 4.79 Å². The first-order chi connectivity index (χ1) is 7.97. The Balaban J connectivity index is 2.88. The molecule has 4 nitrogen and oxygen atoms in total. The molecule has 2 N–H and O–H groups in total. The van der Waals surface area contributed by atoms with Gasteiger partial charge in [0.1, 0.15) is 0 Å². The smallest absolute Gasteiger partial charge is 0.257 e. The van der Waals surface area contributed by atoms with Crippen LogP contribution in [-0.2, 0) is 0 Å². The van der Waals surface area contributed by atoms with Crippen LogP contribution in [0.3, 0.4) is 0 Å². The number of anilines is 1. The van der Waals surface area contributed by atoms with Crippen LogP contribution in [0.4, 0.5) is 5.69 Å². The van der Waals surface area contributed by atoms with Crippen molar-refractivity contribution in [1.82, 2.24) is 9.88 Å². The minimum atomic E-state index is -0.0726. The number of nitrogens with two attached hydrogens (primary N) is 1. The second-order valence-electron chi connectivity index (χ2n) is 4.13. The summed E-state index contributed by atoms with van der Waals surface area (Å²) in [6, 6.07) is 1.90. The summed E-state index contributed by atoms with van der Waals surface area (Å²) in [5.74, 6) is 0.832. The fraction of sp³-hybridized carbons (Fsp3) is 0.500. The van der Waals surface area contributed by atoms with Crippen molar-refractivity contribution in [1.29, 1.82) is 0 Å². The van der Waals surface area contributed by atoms with Crippen LogP contribution in [0.2, 0.25) is 0 Å². The van der Waals surface area contributed by atoms with Crippen LogP contribution in [0, 0.1) is 6.92 Å². The number of thioether (sulfide) groups is 1. The first-order valence-electron chi connectivity index (χ1n) is 5.45. The number of carbonyl (C=O) groups is 1. The molecule has 17 heavy (non-hydrogen) atoms. The van der Waals surface area contributed by atoms with E-state index >= 15 is 0 Å². The van der Waals surface area contributed by atoms with Gasteiger partial charge in [0.25, 0.3) is 5.91 Å². The van der Waals surface area contributed by atoms with Crippen molar-refractivity contribution in [2.24, 2.45) is 0 Å². The van der Waals surface area contributed by atoms with Crippen LogP contribution in [0.15, 0.2) is 12.3 Å². The summed E-state index contributed by atoms with van der Waals surface area (Å²) in [5, 5.41) is 0. The molecule has 94 valence electrons. The van der Waals surface area contributed by atoms with Crippen LogP contribution in [0.1, 0.15) is 23.0 Å². The molecule has 0 bridgehead atoms. The number of hydrogen-bond acceptors (Lipinski definition) is 4. The summed E-state index contributed by atoms with van der Waals surface area (Å²) in [7, 11) is 1.79. The standard InChI is InChI=1S/C12H19N3OS/c1-8-5-11(13)10(6-14-8)12(16)15(3)9(2)7-17-4/h5-6,9H,7H2,1-4H3,(H2,13,14). The molecule has 0 fully saturated rings. The zero-order valence-corrected chi connectivity index (χ0v) is 11.5. The van der Waals surface area contributed by atoms with Crippen molar-refractivity contribution >= 4 is 23.4 Å². The van der Waals surface area contributed by atoms with Gasteiger partial charge in [-0.05, 0) is 26.2 Å². The third-order valence-electron chi connectivity index (χ3n) is 2.69. The number of carbonyl (C=O) groups excluding carboxylic acids is 1. The highest BCUT2D eigenvalue weighted by Crippen LogP contribution is 2.15. The lowest BCUT2D eigenvalue weighted by Crippen LogP contribution is -2.37. The number of hydrogen-bond donors (Lipinski definition) is 1. The summed E-state index contributed by atoms with van der Waals surface area (Å²) in [6.07, 6.45) is 3.58. The Morgan fingerprint density at radius 1 is 1.65 bits per heavy atom. The van der Waals surface area contributed by atoms with Gasteiger partial charge in [-0.15, -0.1) is 0 Å². The van der Waals surface area contributed by atoms with Gasteiger partial charge in [0.05, 0.1) is 5.56 Å². The van der Waals surface area contributed by atoms with Crippen molar-refractivity contribution < 1.29 is 4.79 Å². The van der Waals surface area contributed by atoms with Crippen LogP contribution in [0.25, 0.3) is 0 Å². The topological polar surface area (TPSA) is 59.2 Å². The first-order valence-corrected chi connectivity index (χ1v) is 6.85. The normalized spacial score (nSPS) is 12.2. The average molecular weight is 253 g/mol. The monoisotopic (exact) mass is 253 g/mol. The third-order valence-corrected chi connectivity index (χ3v) is 3.51. The summed E-state index contributed by atoms with van der Waals surface area (Å²) in [4.78, 5) is 18.0. The van der Waals surface area contributed by atoms with Crippen LogP contribution in [-0.4, -0.2) is 40.9 Å². The lowest BCUT2D eigenvalue weighted by molar-refractivity contribution is 0.0758. The Morgan fingerprint density at radius 3 is 2.82 bits per heavy atom. The molecule has 0 aromatic carbocycles. The number of pyridine rings is 1. The maximum absolute atomic E-state index is 12.2. The molecule has 0 aliphatic heterocycles. The lowest BCUT2D eigenvalue weighted by atomic mass is 10.2. The van der Waals surface area contributed by atoms with Gasteiger partial charge in [-0.1, -0.05) is 0 Å². The third kappa shape index (κ3) is 3.36. The number of nitrogens with zero attached hydrogens (tertiary/aromatic N) is 2. The quantitative estimate of drug-likeness (QED) is 0.889. The molecule has 1 atom stereocenters. The predicted octanol–water partition coefficient (Wildman–Crippen LogP) is 1.80. The summed E-state index contributed by atoms with van der Waals surface area (Å²) >= 11 is 1.72. The predicted molar refractivity (Wildman–Crippen MR) is 73.3 cm³/mol. The second kappa shape index (κ2) is 5.91.